The lowest BCUT2D eigenvalue weighted by molar-refractivity contribution is 0.227. The minimum absolute atomic E-state index is 0.185. The third kappa shape index (κ3) is 2.60. The van der Waals surface area contributed by atoms with Gasteiger partial charge < -0.3 is 4.90 Å². The fraction of sp³-hybridized carbons (Fsp3) is 0.600. The SMILES string of the molecule is CCC1=CC=CN(C)C1N(C)S(C)(=O)=O. The number of allylic oxidation sites excluding steroid dienone is 2. The molecule has 0 N–H and O–H groups in total. The fourth-order valence-electron chi connectivity index (χ4n) is 1.70. The second kappa shape index (κ2) is 4.37. The van der Waals surface area contributed by atoms with Crippen molar-refractivity contribution in [1.82, 2.24) is 9.21 Å². The van der Waals surface area contributed by atoms with Crippen LogP contribution in [0.4, 0.5) is 0 Å². The quantitative estimate of drug-likeness (QED) is 0.726. The van der Waals surface area contributed by atoms with E-state index in [1.807, 2.05) is 37.2 Å². The highest BCUT2D eigenvalue weighted by Gasteiger charge is 2.28. The number of rotatable bonds is 3. The van der Waals surface area contributed by atoms with Gasteiger partial charge in [-0.2, -0.15) is 4.31 Å². The van der Waals surface area contributed by atoms with Gasteiger partial charge in [-0.15, -0.1) is 0 Å². The van der Waals surface area contributed by atoms with Crippen LogP contribution in [0.1, 0.15) is 13.3 Å². The van der Waals surface area contributed by atoms with Gasteiger partial charge in [0.05, 0.1) is 6.26 Å². The molecule has 1 aliphatic rings. The van der Waals surface area contributed by atoms with Crippen LogP contribution < -0.4 is 0 Å². The van der Waals surface area contributed by atoms with Crippen LogP contribution in [0.5, 0.6) is 0 Å². The predicted octanol–water partition coefficient (Wildman–Crippen LogP) is 0.999. The Hall–Kier alpha value is -0.810. The maximum Gasteiger partial charge on any atom is 0.212 e. The highest BCUT2D eigenvalue weighted by Crippen LogP contribution is 2.21. The van der Waals surface area contributed by atoms with E-state index in [1.54, 1.807) is 7.05 Å². The molecule has 0 saturated carbocycles. The molecule has 0 fully saturated rings. The van der Waals surface area contributed by atoms with Gasteiger partial charge in [-0.25, -0.2) is 8.42 Å². The summed E-state index contributed by atoms with van der Waals surface area (Å²) in [6.45, 7) is 2.03. The number of sulfonamides is 1. The molecule has 0 bridgehead atoms. The molecule has 1 aliphatic heterocycles. The monoisotopic (exact) mass is 230 g/mol. The van der Waals surface area contributed by atoms with Gasteiger partial charge in [0.1, 0.15) is 6.17 Å². The van der Waals surface area contributed by atoms with Crippen molar-refractivity contribution < 1.29 is 8.42 Å². The van der Waals surface area contributed by atoms with Gasteiger partial charge in [0.25, 0.3) is 0 Å². The summed E-state index contributed by atoms with van der Waals surface area (Å²) in [6.07, 6.45) is 7.68. The maximum absolute atomic E-state index is 11.5. The van der Waals surface area contributed by atoms with Crippen molar-refractivity contribution in [3.63, 3.8) is 0 Å². The molecule has 0 saturated heterocycles. The molecule has 1 rings (SSSR count). The first-order valence-electron chi connectivity index (χ1n) is 4.90. The fourth-order valence-corrected chi connectivity index (χ4v) is 2.35. The molecule has 1 atom stereocenters. The average molecular weight is 230 g/mol. The van der Waals surface area contributed by atoms with Crippen LogP contribution in [0.2, 0.25) is 0 Å². The van der Waals surface area contributed by atoms with Gasteiger partial charge in [-0.05, 0) is 18.1 Å². The first-order chi connectivity index (χ1) is 6.88. The smallest absolute Gasteiger partial charge is 0.212 e. The number of nitrogens with zero attached hydrogens (tertiary/aromatic N) is 2. The van der Waals surface area contributed by atoms with Crippen LogP contribution in [0, 0.1) is 0 Å². The Balaban J connectivity index is 3.02. The van der Waals surface area contributed by atoms with E-state index in [0.717, 1.165) is 12.0 Å². The van der Waals surface area contributed by atoms with E-state index in [9.17, 15) is 8.42 Å². The van der Waals surface area contributed by atoms with E-state index in [1.165, 1.54) is 10.6 Å². The Bertz CT molecular complexity index is 384. The molecule has 0 spiro atoms. The Morgan fingerprint density at radius 3 is 2.60 bits per heavy atom. The molecule has 0 radical (unpaired) electrons. The Labute approximate surface area is 91.9 Å². The van der Waals surface area contributed by atoms with Crippen LogP contribution in [0.15, 0.2) is 23.9 Å². The van der Waals surface area contributed by atoms with Crippen LogP contribution in [-0.4, -0.2) is 44.1 Å². The largest absolute Gasteiger partial charge is 0.361 e. The molecule has 86 valence electrons. The first-order valence-corrected chi connectivity index (χ1v) is 6.75. The molecule has 0 aromatic rings. The summed E-state index contributed by atoms with van der Waals surface area (Å²) in [4.78, 5) is 1.90. The second-order valence-electron chi connectivity index (χ2n) is 3.75. The summed E-state index contributed by atoms with van der Waals surface area (Å²) in [5.74, 6) is 0. The Kier molecular flexibility index (Phi) is 3.57. The standard InChI is InChI=1S/C10H18N2O2S/c1-5-9-7-6-8-11(2)10(9)12(3)15(4,13)14/h6-8,10H,5H2,1-4H3. The van der Waals surface area contributed by atoms with E-state index in [4.69, 9.17) is 0 Å². The van der Waals surface area contributed by atoms with Gasteiger partial charge in [0.2, 0.25) is 10.0 Å². The van der Waals surface area contributed by atoms with E-state index < -0.39 is 10.0 Å². The molecule has 0 aliphatic carbocycles. The topological polar surface area (TPSA) is 40.6 Å². The molecular weight excluding hydrogens is 212 g/mol. The van der Waals surface area contributed by atoms with Gasteiger partial charge in [-0.3, -0.25) is 0 Å². The zero-order chi connectivity index (χ0) is 11.6. The van der Waals surface area contributed by atoms with E-state index in [0.29, 0.717) is 0 Å². The first kappa shape index (κ1) is 12.3. The summed E-state index contributed by atoms with van der Waals surface area (Å²) < 4.78 is 24.4. The molecular formula is C10H18N2O2S. The zero-order valence-corrected chi connectivity index (χ0v) is 10.5. The highest BCUT2D eigenvalue weighted by atomic mass is 32.2. The van der Waals surface area contributed by atoms with Crippen molar-refractivity contribution >= 4 is 10.0 Å². The molecule has 0 amide bonds. The molecule has 15 heavy (non-hydrogen) atoms. The van der Waals surface area contributed by atoms with E-state index in [-0.39, 0.29) is 6.17 Å². The van der Waals surface area contributed by atoms with E-state index >= 15 is 0 Å². The van der Waals surface area contributed by atoms with Crippen molar-refractivity contribution in [3.8, 4) is 0 Å². The Morgan fingerprint density at radius 2 is 2.13 bits per heavy atom. The van der Waals surface area contributed by atoms with Crippen LogP contribution in [-0.2, 0) is 10.0 Å². The minimum Gasteiger partial charge on any atom is -0.361 e. The molecule has 1 heterocycles. The van der Waals surface area contributed by atoms with Crippen molar-refractivity contribution in [2.45, 2.75) is 19.5 Å². The molecule has 0 aromatic heterocycles. The summed E-state index contributed by atoms with van der Waals surface area (Å²) >= 11 is 0. The van der Waals surface area contributed by atoms with Crippen molar-refractivity contribution in [1.29, 1.82) is 0 Å². The van der Waals surface area contributed by atoms with E-state index in [2.05, 4.69) is 0 Å². The second-order valence-corrected chi connectivity index (χ2v) is 5.80. The van der Waals surface area contributed by atoms with Crippen LogP contribution in [0.3, 0.4) is 0 Å². The summed E-state index contributed by atoms with van der Waals surface area (Å²) in [5, 5.41) is 0. The van der Waals surface area contributed by atoms with Gasteiger partial charge in [0.15, 0.2) is 0 Å². The highest BCUT2D eigenvalue weighted by molar-refractivity contribution is 7.88. The minimum atomic E-state index is -3.16. The third-order valence-corrected chi connectivity index (χ3v) is 3.87. The summed E-state index contributed by atoms with van der Waals surface area (Å²) in [6, 6.07) is 0. The van der Waals surface area contributed by atoms with Crippen LogP contribution in [0.25, 0.3) is 0 Å². The average Bonchev–Trinajstić information content (AvgIpc) is 2.15. The van der Waals surface area contributed by atoms with Crippen molar-refractivity contribution in [3.05, 3.63) is 23.9 Å². The predicted molar refractivity (Wildman–Crippen MR) is 61.7 cm³/mol. The van der Waals surface area contributed by atoms with Crippen LogP contribution >= 0.6 is 0 Å². The van der Waals surface area contributed by atoms with Gasteiger partial charge >= 0.3 is 0 Å². The lowest BCUT2D eigenvalue weighted by Gasteiger charge is -2.36. The zero-order valence-electron chi connectivity index (χ0n) is 9.64. The molecule has 4 nitrogen and oxygen atoms in total. The lowest BCUT2D eigenvalue weighted by Crippen LogP contribution is -2.46. The maximum atomic E-state index is 11.5. The summed E-state index contributed by atoms with van der Waals surface area (Å²) in [5.41, 5.74) is 1.10. The molecule has 1 unspecified atom stereocenters. The molecule has 5 heteroatoms. The van der Waals surface area contributed by atoms with Gasteiger partial charge in [-0.1, -0.05) is 13.0 Å². The normalized spacial score (nSPS) is 22.1. The Morgan fingerprint density at radius 1 is 1.53 bits per heavy atom. The number of likely N-dealkylation sites (N-methyl/N-ethyl adjacent to an activating group) is 2. The van der Waals surface area contributed by atoms with Crippen molar-refractivity contribution in [2.75, 3.05) is 20.4 Å². The van der Waals surface area contributed by atoms with Gasteiger partial charge in [0, 0.05) is 20.3 Å². The number of hydrogen-bond donors (Lipinski definition) is 0. The lowest BCUT2D eigenvalue weighted by atomic mass is 10.1. The third-order valence-electron chi connectivity index (χ3n) is 2.62. The number of hydrogen-bond acceptors (Lipinski definition) is 3. The summed E-state index contributed by atoms with van der Waals surface area (Å²) in [7, 11) is 0.329. The van der Waals surface area contributed by atoms with Crippen molar-refractivity contribution in [2.24, 2.45) is 0 Å². The molecule has 0 aromatic carbocycles.